The van der Waals surface area contributed by atoms with Crippen LogP contribution in [0.5, 0.6) is 0 Å². The number of hydrogen-bond donors (Lipinski definition) is 1. The normalized spacial score (nSPS) is 15.7. The number of likely N-dealkylation sites (tertiary alicyclic amines) is 1. The maximum atomic E-state index is 13.1. The average molecular weight is 422 g/mol. The van der Waals surface area contributed by atoms with Gasteiger partial charge in [-0.15, -0.1) is 0 Å². The molecule has 1 saturated heterocycles. The SMILES string of the molecule is COC(=O)C1(c2ccccc2)CCN(C(=O)c2cc(-c3c(C)nn(C)c3C)n[nH]2)CC1. The zero-order valence-corrected chi connectivity index (χ0v) is 18.3. The Morgan fingerprint density at radius 2 is 1.81 bits per heavy atom. The van der Waals surface area contributed by atoms with E-state index in [0.29, 0.717) is 37.3 Å². The molecule has 1 aliphatic heterocycles. The highest BCUT2D eigenvalue weighted by molar-refractivity contribution is 5.94. The predicted molar refractivity (Wildman–Crippen MR) is 116 cm³/mol. The molecule has 0 saturated carbocycles. The Balaban J connectivity index is 1.53. The molecule has 1 fully saturated rings. The molecule has 0 aliphatic carbocycles. The Morgan fingerprint density at radius 3 is 2.39 bits per heavy atom. The monoisotopic (exact) mass is 421 g/mol. The number of hydrogen-bond acceptors (Lipinski definition) is 5. The molecule has 1 aliphatic rings. The highest BCUT2D eigenvalue weighted by atomic mass is 16.5. The van der Waals surface area contributed by atoms with E-state index in [1.165, 1.54) is 7.11 Å². The van der Waals surface area contributed by atoms with E-state index in [0.717, 1.165) is 22.5 Å². The number of nitrogens with one attached hydrogen (secondary N) is 1. The molecular weight excluding hydrogens is 394 g/mol. The van der Waals surface area contributed by atoms with E-state index < -0.39 is 5.41 Å². The van der Waals surface area contributed by atoms with Gasteiger partial charge in [-0.25, -0.2) is 0 Å². The Bertz CT molecular complexity index is 1110. The smallest absolute Gasteiger partial charge is 0.316 e. The number of rotatable bonds is 4. The second-order valence-corrected chi connectivity index (χ2v) is 8.07. The molecule has 31 heavy (non-hydrogen) atoms. The van der Waals surface area contributed by atoms with E-state index in [1.807, 2.05) is 55.9 Å². The number of aromatic nitrogens is 4. The van der Waals surface area contributed by atoms with Gasteiger partial charge in [-0.1, -0.05) is 30.3 Å². The first-order valence-corrected chi connectivity index (χ1v) is 10.4. The van der Waals surface area contributed by atoms with Crippen LogP contribution in [-0.4, -0.2) is 57.0 Å². The third kappa shape index (κ3) is 3.52. The summed E-state index contributed by atoms with van der Waals surface area (Å²) < 4.78 is 6.95. The Labute approximate surface area is 181 Å². The van der Waals surface area contributed by atoms with Crippen molar-refractivity contribution in [2.45, 2.75) is 32.1 Å². The molecular formula is C23H27N5O3. The average Bonchev–Trinajstić information content (AvgIpc) is 3.37. The first-order chi connectivity index (χ1) is 14.9. The van der Waals surface area contributed by atoms with Gasteiger partial charge in [0, 0.05) is 31.4 Å². The van der Waals surface area contributed by atoms with E-state index in [-0.39, 0.29) is 11.9 Å². The van der Waals surface area contributed by atoms with E-state index in [2.05, 4.69) is 15.3 Å². The van der Waals surface area contributed by atoms with Gasteiger partial charge >= 0.3 is 5.97 Å². The topological polar surface area (TPSA) is 93.1 Å². The van der Waals surface area contributed by atoms with Crippen LogP contribution in [0.3, 0.4) is 0 Å². The van der Waals surface area contributed by atoms with Crippen molar-refractivity contribution in [2.24, 2.45) is 7.05 Å². The van der Waals surface area contributed by atoms with Gasteiger partial charge in [0.25, 0.3) is 5.91 Å². The molecule has 0 unspecified atom stereocenters. The molecule has 8 nitrogen and oxygen atoms in total. The number of piperidine rings is 1. The molecule has 1 N–H and O–H groups in total. The van der Waals surface area contributed by atoms with Crippen molar-refractivity contribution in [3.05, 3.63) is 59.0 Å². The summed E-state index contributed by atoms with van der Waals surface area (Å²) >= 11 is 0. The van der Waals surface area contributed by atoms with Gasteiger partial charge in [0.15, 0.2) is 0 Å². The molecule has 0 bridgehead atoms. The van der Waals surface area contributed by atoms with Crippen LogP contribution in [0.15, 0.2) is 36.4 Å². The minimum absolute atomic E-state index is 0.121. The number of aryl methyl sites for hydroxylation is 2. The fourth-order valence-electron chi connectivity index (χ4n) is 4.53. The van der Waals surface area contributed by atoms with Crippen LogP contribution in [0.4, 0.5) is 0 Å². The Morgan fingerprint density at radius 1 is 1.13 bits per heavy atom. The maximum Gasteiger partial charge on any atom is 0.316 e. The van der Waals surface area contributed by atoms with Gasteiger partial charge in [-0.2, -0.15) is 10.2 Å². The summed E-state index contributed by atoms with van der Waals surface area (Å²) in [5.74, 6) is -0.373. The van der Waals surface area contributed by atoms with Crippen molar-refractivity contribution in [3.63, 3.8) is 0 Å². The fraction of sp³-hybridized carbons (Fsp3) is 0.391. The lowest BCUT2D eigenvalue weighted by molar-refractivity contribution is -0.149. The van der Waals surface area contributed by atoms with Crippen LogP contribution in [0.2, 0.25) is 0 Å². The maximum absolute atomic E-state index is 13.1. The molecule has 0 radical (unpaired) electrons. The van der Waals surface area contributed by atoms with E-state index in [1.54, 1.807) is 11.0 Å². The first-order valence-electron chi connectivity index (χ1n) is 10.4. The molecule has 0 spiro atoms. The minimum Gasteiger partial charge on any atom is -0.468 e. The van der Waals surface area contributed by atoms with Crippen LogP contribution in [0.25, 0.3) is 11.3 Å². The number of methoxy groups -OCH3 is 1. The van der Waals surface area contributed by atoms with Crippen LogP contribution in [0.1, 0.15) is 40.3 Å². The number of nitrogens with zero attached hydrogens (tertiary/aromatic N) is 4. The summed E-state index contributed by atoms with van der Waals surface area (Å²) in [6.45, 7) is 4.83. The highest BCUT2D eigenvalue weighted by Gasteiger charge is 2.44. The first kappa shape index (κ1) is 20.8. The Hall–Kier alpha value is -3.42. The molecule has 162 valence electrons. The number of carbonyl (C=O) groups excluding carboxylic acids is 2. The lowest BCUT2D eigenvalue weighted by Gasteiger charge is -2.39. The van der Waals surface area contributed by atoms with Crippen molar-refractivity contribution in [1.82, 2.24) is 24.9 Å². The highest BCUT2D eigenvalue weighted by Crippen LogP contribution is 2.37. The largest absolute Gasteiger partial charge is 0.468 e. The fourth-order valence-corrected chi connectivity index (χ4v) is 4.53. The molecule has 2 aromatic heterocycles. The number of carbonyl (C=O) groups is 2. The van der Waals surface area contributed by atoms with Crippen LogP contribution >= 0.6 is 0 Å². The van der Waals surface area contributed by atoms with Crippen LogP contribution in [0, 0.1) is 13.8 Å². The molecule has 3 heterocycles. The lowest BCUT2D eigenvalue weighted by Crippen LogP contribution is -2.49. The van der Waals surface area contributed by atoms with Crippen molar-refractivity contribution in [2.75, 3.05) is 20.2 Å². The molecule has 8 heteroatoms. The number of esters is 1. The summed E-state index contributed by atoms with van der Waals surface area (Å²) in [4.78, 5) is 27.6. The molecule has 4 rings (SSSR count). The standard InChI is InChI=1S/C23H27N5O3/c1-15-20(16(2)27(3)26-15)18-14-19(25-24-18)21(29)28-12-10-23(11-13-28,22(30)31-4)17-8-6-5-7-9-17/h5-9,14H,10-13H2,1-4H3,(H,24,25). The third-order valence-electron chi connectivity index (χ3n) is 6.38. The summed E-state index contributed by atoms with van der Waals surface area (Å²) in [5.41, 5.74) is 4.14. The Kier molecular flexibility index (Phi) is 5.39. The minimum atomic E-state index is -0.726. The molecule has 1 aromatic carbocycles. The second-order valence-electron chi connectivity index (χ2n) is 8.07. The van der Waals surface area contributed by atoms with Gasteiger partial charge in [-0.05, 0) is 38.3 Å². The van der Waals surface area contributed by atoms with Crippen molar-refractivity contribution in [3.8, 4) is 11.3 Å². The van der Waals surface area contributed by atoms with E-state index in [9.17, 15) is 9.59 Å². The van der Waals surface area contributed by atoms with Gasteiger partial charge in [0.2, 0.25) is 0 Å². The van der Waals surface area contributed by atoms with Gasteiger partial charge in [-0.3, -0.25) is 19.4 Å². The third-order valence-corrected chi connectivity index (χ3v) is 6.38. The summed E-state index contributed by atoms with van der Waals surface area (Å²) in [6.07, 6.45) is 1.02. The van der Waals surface area contributed by atoms with Gasteiger partial charge in [0.1, 0.15) is 5.69 Å². The van der Waals surface area contributed by atoms with E-state index >= 15 is 0 Å². The quantitative estimate of drug-likeness (QED) is 0.654. The number of ether oxygens (including phenoxy) is 1. The molecule has 1 amide bonds. The van der Waals surface area contributed by atoms with Crippen molar-refractivity contribution < 1.29 is 14.3 Å². The molecule has 3 aromatic rings. The van der Waals surface area contributed by atoms with Crippen molar-refractivity contribution >= 4 is 11.9 Å². The van der Waals surface area contributed by atoms with Gasteiger partial charge in [0.05, 0.1) is 23.9 Å². The van der Waals surface area contributed by atoms with Gasteiger partial charge < -0.3 is 9.64 Å². The lowest BCUT2D eigenvalue weighted by atomic mass is 9.72. The molecule has 0 atom stereocenters. The number of benzene rings is 1. The number of H-pyrrole nitrogens is 1. The van der Waals surface area contributed by atoms with Crippen LogP contribution in [-0.2, 0) is 22.0 Å². The summed E-state index contributed by atoms with van der Waals surface area (Å²) in [5, 5.41) is 11.7. The zero-order chi connectivity index (χ0) is 22.2. The zero-order valence-electron chi connectivity index (χ0n) is 18.3. The summed E-state index contributed by atoms with van der Waals surface area (Å²) in [6, 6.07) is 11.5. The number of amides is 1. The summed E-state index contributed by atoms with van der Waals surface area (Å²) in [7, 11) is 3.30. The number of aromatic amines is 1. The second kappa shape index (κ2) is 8.02. The van der Waals surface area contributed by atoms with E-state index in [4.69, 9.17) is 4.74 Å². The predicted octanol–water partition coefficient (Wildman–Crippen LogP) is 2.77. The van der Waals surface area contributed by atoms with Crippen molar-refractivity contribution in [1.29, 1.82) is 0 Å². The van der Waals surface area contributed by atoms with Crippen LogP contribution < -0.4 is 0 Å².